The van der Waals surface area contributed by atoms with Gasteiger partial charge in [0, 0.05) is 31.9 Å². The third-order valence-corrected chi connectivity index (χ3v) is 4.41. The number of hydrogen-bond donors (Lipinski definition) is 1. The standard InChI is InChI=1S/C18H29N3O/c1-4-5-9-20-10-12-21(13-11-20)14-17(22)19-18-15(2)7-6-8-16(18)3/h6-8H,4-5,9-14H2,1-3H3,(H,19,22). The number of amides is 1. The lowest BCUT2D eigenvalue weighted by atomic mass is 10.1. The third kappa shape index (κ3) is 4.82. The minimum absolute atomic E-state index is 0.0967. The van der Waals surface area contributed by atoms with Crippen molar-refractivity contribution in [2.75, 3.05) is 44.6 Å². The number of hydrogen-bond acceptors (Lipinski definition) is 3. The number of unbranched alkanes of at least 4 members (excludes halogenated alkanes) is 1. The SMILES string of the molecule is CCCCN1CCN(CC(=O)Nc2c(C)cccc2C)CC1. The minimum Gasteiger partial charge on any atom is -0.324 e. The van der Waals surface area contributed by atoms with Gasteiger partial charge in [-0.15, -0.1) is 0 Å². The number of carbonyl (C=O) groups excluding carboxylic acids is 1. The molecule has 22 heavy (non-hydrogen) atoms. The molecule has 1 aromatic rings. The van der Waals surface area contributed by atoms with Crippen molar-refractivity contribution in [3.63, 3.8) is 0 Å². The molecule has 0 bridgehead atoms. The van der Waals surface area contributed by atoms with Crippen LogP contribution in [-0.4, -0.2) is 55.0 Å². The molecular weight excluding hydrogens is 274 g/mol. The fourth-order valence-corrected chi connectivity index (χ4v) is 2.95. The van der Waals surface area contributed by atoms with Crippen LogP contribution in [0.15, 0.2) is 18.2 Å². The molecule has 0 unspecified atom stereocenters. The van der Waals surface area contributed by atoms with E-state index in [1.165, 1.54) is 19.4 Å². The predicted octanol–water partition coefficient (Wildman–Crippen LogP) is 2.66. The summed E-state index contributed by atoms with van der Waals surface area (Å²) in [6.45, 7) is 12.1. The van der Waals surface area contributed by atoms with Gasteiger partial charge < -0.3 is 10.2 Å². The fraction of sp³-hybridized carbons (Fsp3) is 0.611. The predicted molar refractivity (Wildman–Crippen MR) is 92.3 cm³/mol. The van der Waals surface area contributed by atoms with Gasteiger partial charge >= 0.3 is 0 Å². The molecule has 1 saturated heterocycles. The number of aryl methyl sites for hydroxylation is 2. The average molecular weight is 303 g/mol. The van der Waals surface area contributed by atoms with Crippen molar-refractivity contribution < 1.29 is 4.79 Å². The highest BCUT2D eigenvalue weighted by molar-refractivity contribution is 5.93. The molecule has 1 aliphatic heterocycles. The van der Waals surface area contributed by atoms with Crippen LogP contribution >= 0.6 is 0 Å². The van der Waals surface area contributed by atoms with Gasteiger partial charge in [-0.3, -0.25) is 9.69 Å². The quantitative estimate of drug-likeness (QED) is 0.877. The highest BCUT2D eigenvalue weighted by Crippen LogP contribution is 2.19. The lowest BCUT2D eigenvalue weighted by molar-refractivity contribution is -0.117. The van der Waals surface area contributed by atoms with E-state index in [1.807, 2.05) is 32.0 Å². The molecule has 4 heteroatoms. The molecule has 0 atom stereocenters. The molecular formula is C18H29N3O. The van der Waals surface area contributed by atoms with E-state index in [1.54, 1.807) is 0 Å². The van der Waals surface area contributed by atoms with Crippen LogP contribution in [0.2, 0.25) is 0 Å². The largest absolute Gasteiger partial charge is 0.324 e. The van der Waals surface area contributed by atoms with Gasteiger partial charge in [0.1, 0.15) is 0 Å². The Morgan fingerprint density at radius 1 is 1.09 bits per heavy atom. The molecule has 4 nitrogen and oxygen atoms in total. The van der Waals surface area contributed by atoms with Crippen molar-refractivity contribution >= 4 is 11.6 Å². The monoisotopic (exact) mass is 303 g/mol. The van der Waals surface area contributed by atoms with Gasteiger partial charge in [0.15, 0.2) is 0 Å². The second-order valence-corrected chi connectivity index (χ2v) is 6.29. The van der Waals surface area contributed by atoms with E-state index >= 15 is 0 Å². The van der Waals surface area contributed by atoms with Gasteiger partial charge in [0.05, 0.1) is 6.54 Å². The Morgan fingerprint density at radius 3 is 2.27 bits per heavy atom. The summed E-state index contributed by atoms with van der Waals surface area (Å²) in [6.07, 6.45) is 2.52. The first-order valence-corrected chi connectivity index (χ1v) is 8.41. The molecule has 0 saturated carbocycles. The highest BCUT2D eigenvalue weighted by Gasteiger charge is 2.18. The molecule has 1 heterocycles. The molecule has 0 aromatic heterocycles. The van der Waals surface area contributed by atoms with Crippen LogP contribution in [0.25, 0.3) is 0 Å². The average Bonchev–Trinajstić information content (AvgIpc) is 2.50. The van der Waals surface area contributed by atoms with Crippen LogP contribution in [0.3, 0.4) is 0 Å². The number of para-hydroxylation sites is 1. The topological polar surface area (TPSA) is 35.6 Å². The van der Waals surface area contributed by atoms with Gasteiger partial charge in [0.25, 0.3) is 0 Å². The van der Waals surface area contributed by atoms with E-state index in [9.17, 15) is 4.79 Å². The van der Waals surface area contributed by atoms with Crippen LogP contribution in [0.4, 0.5) is 5.69 Å². The zero-order valence-corrected chi connectivity index (χ0v) is 14.2. The number of nitrogens with zero attached hydrogens (tertiary/aromatic N) is 2. The summed E-state index contributed by atoms with van der Waals surface area (Å²) in [5.41, 5.74) is 3.21. The summed E-state index contributed by atoms with van der Waals surface area (Å²) in [7, 11) is 0. The lowest BCUT2D eigenvalue weighted by Crippen LogP contribution is -2.48. The van der Waals surface area contributed by atoms with Crippen LogP contribution in [0, 0.1) is 13.8 Å². The number of piperazine rings is 1. The first kappa shape index (κ1) is 17.0. The number of carbonyl (C=O) groups is 1. The Hall–Kier alpha value is -1.39. The molecule has 1 amide bonds. The van der Waals surface area contributed by atoms with E-state index in [2.05, 4.69) is 22.0 Å². The molecule has 122 valence electrons. The van der Waals surface area contributed by atoms with E-state index in [-0.39, 0.29) is 5.91 Å². The van der Waals surface area contributed by atoms with Crippen LogP contribution < -0.4 is 5.32 Å². The smallest absolute Gasteiger partial charge is 0.238 e. The summed E-state index contributed by atoms with van der Waals surface area (Å²) >= 11 is 0. The number of anilines is 1. The molecule has 1 N–H and O–H groups in total. The molecule has 0 aliphatic carbocycles. The summed E-state index contributed by atoms with van der Waals surface area (Å²) in [4.78, 5) is 17.0. The van der Waals surface area contributed by atoms with E-state index in [0.717, 1.165) is 43.0 Å². The van der Waals surface area contributed by atoms with Gasteiger partial charge in [-0.2, -0.15) is 0 Å². The van der Waals surface area contributed by atoms with Crippen molar-refractivity contribution in [1.82, 2.24) is 9.80 Å². The summed E-state index contributed by atoms with van der Waals surface area (Å²) in [5, 5.41) is 3.08. The van der Waals surface area contributed by atoms with Gasteiger partial charge in [-0.05, 0) is 37.9 Å². The molecule has 1 aliphatic rings. The Labute approximate surface area is 134 Å². The third-order valence-electron chi connectivity index (χ3n) is 4.41. The Kier molecular flexibility index (Phi) is 6.40. The number of rotatable bonds is 6. The van der Waals surface area contributed by atoms with E-state index in [4.69, 9.17) is 0 Å². The van der Waals surface area contributed by atoms with Crippen LogP contribution in [0.5, 0.6) is 0 Å². The number of benzene rings is 1. The zero-order valence-electron chi connectivity index (χ0n) is 14.2. The number of nitrogens with one attached hydrogen (secondary N) is 1. The van der Waals surface area contributed by atoms with Crippen LogP contribution in [0.1, 0.15) is 30.9 Å². The van der Waals surface area contributed by atoms with Gasteiger partial charge in [-0.1, -0.05) is 31.5 Å². The second kappa shape index (κ2) is 8.30. The Bertz CT molecular complexity index is 473. The molecule has 1 aromatic carbocycles. The molecule has 1 fully saturated rings. The maximum atomic E-state index is 12.3. The second-order valence-electron chi connectivity index (χ2n) is 6.29. The van der Waals surface area contributed by atoms with Crippen molar-refractivity contribution in [3.05, 3.63) is 29.3 Å². The summed E-state index contributed by atoms with van der Waals surface area (Å²) in [5.74, 6) is 0.0967. The van der Waals surface area contributed by atoms with E-state index < -0.39 is 0 Å². The minimum atomic E-state index is 0.0967. The summed E-state index contributed by atoms with van der Waals surface area (Å²) in [6, 6.07) is 6.10. The van der Waals surface area contributed by atoms with Crippen LogP contribution in [-0.2, 0) is 4.79 Å². The van der Waals surface area contributed by atoms with Gasteiger partial charge in [-0.25, -0.2) is 0 Å². The molecule has 0 spiro atoms. The first-order valence-electron chi connectivity index (χ1n) is 8.41. The van der Waals surface area contributed by atoms with Crippen molar-refractivity contribution in [2.45, 2.75) is 33.6 Å². The maximum absolute atomic E-state index is 12.3. The zero-order chi connectivity index (χ0) is 15.9. The van der Waals surface area contributed by atoms with Crippen molar-refractivity contribution in [1.29, 1.82) is 0 Å². The van der Waals surface area contributed by atoms with Gasteiger partial charge in [0.2, 0.25) is 5.91 Å². The van der Waals surface area contributed by atoms with Crippen molar-refractivity contribution in [3.8, 4) is 0 Å². The first-order chi connectivity index (χ1) is 10.6. The molecule has 2 rings (SSSR count). The lowest BCUT2D eigenvalue weighted by Gasteiger charge is -2.34. The summed E-state index contributed by atoms with van der Waals surface area (Å²) < 4.78 is 0. The Balaban J connectivity index is 1.79. The van der Waals surface area contributed by atoms with Crippen molar-refractivity contribution in [2.24, 2.45) is 0 Å². The fourth-order valence-electron chi connectivity index (χ4n) is 2.95. The normalized spacial score (nSPS) is 16.7. The maximum Gasteiger partial charge on any atom is 0.238 e. The van der Waals surface area contributed by atoms with E-state index in [0.29, 0.717) is 6.54 Å². The Morgan fingerprint density at radius 2 is 1.68 bits per heavy atom. The molecule has 0 radical (unpaired) electrons. The highest BCUT2D eigenvalue weighted by atomic mass is 16.2.